The SMILES string of the molecule is CNC(=O)Cn1cc(NC(=O)/C=C(\C)c2ccccc2Cl)cn1. The molecule has 0 aliphatic heterocycles. The summed E-state index contributed by atoms with van der Waals surface area (Å²) in [5, 5.41) is 9.80. The first-order valence-corrected chi connectivity index (χ1v) is 7.34. The van der Waals surface area contributed by atoms with Crippen LogP contribution < -0.4 is 10.6 Å². The Hall–Kier alpha value is -2.60. The number of hydrogen-bond acceptors (Lipinski definition) is 3. The fraction of sp³-hybridized carbons (Fsp3) is 0.188. The van der Waals surface area contributed by atoms with E-state index >= 15 is 0 Å². The number of allylic oxidation sites excluding steroid dienone is 1. The first kappa shape index (κ1) is 16.8. The lowest BCUT2D eigenvalue weighted by molar-refractivity contribution is -0.121. The van der Waals surface area contributed by atoms with Gasteiger partial charge in [0.15, 0.2) is 0 Å². The van der Waals surface area contributed by atoms with Crippen LogP contribution in [0.5, 0.6) is 0 Å². The van der Waals surface area contributed by atoms with Gasteiger partial charge < -0.3 is 10.6 Å². The molecule has 0 bridgehead atoms. The molecule has 1 aromatic carbocycles. The van der Waals surface area contributed by atoms with E-state index < -0.39 is 0 Å². The second-order valence-electron chi connectivity index (χ2n) is 4.90. The number of aromatic nitrogens is 2. The van der Waals surface area contributed by atoms with Crippen molar-refractivity contribution in [2.75, 3.05) is 12.4 Å². The third-order valence-electron chi connectivity index (χ3n) is 3.13. The summed E-state index contributed by atoms with van der Waals surface area (Å²) in [4.78, 5) is 23.3. The number of carbonyl (C=O) groups is 2. The van der Waals surface area contributed by atoms with Gasteiger partial charge in [-0.15, -0.1) is 0 Å². The van der Waals surface area contributed by atoms with Gasteiger partial charge in [0, 0.05) is 24.3 Å². The van der Waals surface area contributed by atoms with Crippen molar-refractivity contribution in [2.24, 2.45) is 0 Å². The second kappa shape index (κ2) is 7.60. The van der Waals surface area contributed by atoms with Crippen LogP contribution in [0.2, 0.25) is 5.02 Å². The number of carbonyl (C=O) groups excluding carboxylic acids is 2. The van der Waals surface area contributed by atoms with Crippen LogP contribution in [0.15, 0.2) is 42.7 Å². The predicted octanol–water partition coefficient (Wildman–Crippen LogP) is 2.32. The molecule has 0 saturated heterocycles. The summed E-state index contributed by atoms with van der Waals surface area (Å²) in [7, 11) is 1.55. The summed E-state index contributed by atoms with van der Waals surface area (Å²) in [5.74, 6) is -0.456. The van der Waals surface area contributed by atoms with Crippen LogP contribution in [0.4, 0.5) is 5.69 Å². The Kier molecular flexibility index (Phi) is 5.54. The minimum atomic E-state index is -0.290. The van der Waals surface area contributed by atoms with Gasteiger partial charge in [0.05, 0.1) is 11.9 Å². The van der Waals surface area contributed by atoms with Crippen LogP contribution >= 0.6 is 11.6 Å². The lowest BCUT2D eigenvalue weighted by atomic mass is 10.1. The second-order valence-corrected chi connectivity index (χ2v) is 5.30. The summed E-state index contributed by atoms with van der Waals surface area (Å²) in [5.41, 5.74) is 2.08. The van der Waals surface area contributed by atoms with Gasteiger partial charge in [-0.2, -0.15) is 5.10 Å². The van der Waals surface area contributed by atoms with Gasteiger partial charge >= 0.3 is 0 Å². The number of hydrogen-bond donors (Lipinski definition) is 2. The zero-order valence-corrected chi connectivity index (χ0v) is 13.6. The van der Waals surface area contributed by atoms with Gasteiger partial charge in [-0.25, -0.2) is 0 Å². The molecule has 1 heterocycles. The van der Waals surface area contributed by atoms with E-state index in [1.54, 1.807) is 19.3 Å². The molecule has 2 aromatic rings. The van der Waals surface area contributed by atoms with Gasteiger partial charge in [0.25, 0.3) is 0 Å². The average molecular weight is 333 g/mol. The Balaban J connectivity index is 2.03. The highest BCUT2D eigenvalue weighted by Gasteiger charge is 2.07. The number of benzene rings is 1. The van der Waals surface area contributed by atoms with Gasteiger partial charge in [-0.3, -0.25) is 14.3 Å². The van der Waals surface area contributed by atoms with E-state index in [4.69, 9.17) is 11.6 Å². The van der Waals surface area contributed by atoms with Crippen LogP contribution in [0.25, 0.3) is 5.57 Å². The normalized spacial score (nSPS) is 11.2. The first-order chi connectivity index (χ1) is 11.0. The molecule has 6 nitrogen and oxygen atoms in total. The summed E-state index contributed by atoms with van der Waals surface area (Å²) in [6, 6.07) is 7.32. The van der Waals surface area contributed by atoms with E-state index in [1.807, 2.05) is 25.1 Å². The van der Waals surface area contributed by atoms with Crippen LogP contribution in [-0.2, 0) is 16.1 Å². The molecule has 120 valence electrons. The monoisotopic (exact) mass is 332 g/mol. The van der Waals surface area contributed by atoms with Crippen LogP contribution in [-0.4, -0.2) is 28.6 Å². The summed E-state index contributed by atoms with van der Waals surface area (Å²) >= 11 is 6.10. The molecule has 2 N–H and O–H groups in total. The van der Waals surface area contributed by atoms with Crippen molar-refractivity contribution in [1.29, 1.82) is 0 Å². The topological polar surface area (TPSA) is 76.0 Å². The molecule has 7 heteroatoms. The molecule has 0 radical (unpaired) electrons. The van der Waals surface area contributed by atoms with E-state index in [0.29, 0.717) is 10.7 Å². The molecule has 0 spiro atoms. The molecule has 0 aliphatic rings. The van der Waals surface area contributed by atoms with Crippen molar-refractivity contribution in [3.8, 4) is 0 Å². The highest BCUT2D eigenvalue weighted by atomic mass is 35.5. The smallest absolute Gasteiger partial charge is 0.248 e. The van der Waals surface area contributed by atoms with Gasteiger partial charge in [-0.05, 0) is 24.1 Å². The summed E-state index contributed by atoms with van der Waals surface area (Å²) < 4.78 is 1.44. The fourth-order valence-corrected chi connectivity index (χ4v) is 2.26. The predicted molar refractivity (Wildman–Crippen MR) is 90.0 cm³/mol. The molecular formula is C16H17ClN4O2. The van der Waals surface area contributed by atoms with Crippen LogP contribution in [0.3, 0.4) is 0 Å². The number of halogens is 1. The van der Waals surface area contributed by atoms with E-state index in [1.165, 1.54) is 17.0 Å². The lowest BCUT2D eigenvalue weighted by Crippen LogP contribution is -2.23. The van der Waals surface area contributed by atoms with Crippen LogP contribution in [0.1, 0.15) is 12.5 Å². The molecule has 0 saturated carbocycles. The van der Waals surface area contributed by atoms with E-state index in [0.717, 1.165) is 11.1 Å². The molecule has 23 heavy (non-hydrogen) atoms. The third kappa shape index (κ3) is 4.69. The van der Waals surface area contributed by atoms with Crippen molar-refractivity contribution >= 4 is 34.7 Å². The lowest BCUT2D eigenvalue weighted by Gasteiger charge is -2.04. The molecule has 0 unspecified atom stereocenters. The number of anilines is 1. The maximum atomic E-state index is 12.0. The Morgan fingerprint density at radius 3 is 2.78 bits per heavy atom. The maximum Gasteiger partial charge on any atom is 0.248 e. The zero-order valence-electron chi connectivity index (χ0n) is 12.8. The van der Waals surface area contributed by atoms with E-state index in [2.05, 4.69) is 15.7 Å². The van der Waals surface area contributed by atoms with Crippen molar-refractivity contribution < 1.29 is 9.59 Å². The number of nitrogens with one attached hydrogen (secondary N) is 2. The Labute approximate surface area is 139 Å². The highest BCUT2D eigenvalue weighted by Crippen LogP contribution is 2.23. The van der Waals surface area contributed by atoms with Crippen molar-refractivity contribution in [2.45, 2.75) is 13.5 Å². The Morgan fingerprint density at radius 2 is 2.09 bits per heavy atom. The first-order valence-electron chi connectivity index (χ1n) is 6.97. The summed E-state index contributed by atoms with van der Waals surface area (Å²) in [6.07, 6.45) is 4.54. The quantitative estimate of drug-likeness (QED) is 0.825. The Morgan fingerprint density at radius 1 is 1.35 bits per heavy atom. The van der Waals surface area contributed by atoms with E-state index in [-0.39, 0.29) is 18.4 Å². The zero-order chi connectivity index (χ0) is 16.8. The largest absolute Gasteiger partial charge is 0.358 e. The Bertz CT molecular complexity index is 752. The number of amides is 2. The molecule has 2 amide bonds. The number of nitrogens with zero attached hydrogens (tertiary/aromatic N) is 2. The highest BCUT2D eigenvalue weighted by molar-refractivity contribution is 6.32. The van der Waals surface area contributed by atoms with Crippen molar-refractivity contribution in [3.05, 3.63) is 53.3 Å². The maximum absolute atomic E-state index is 12.0. The molecule has 0 aliphatic carbocycles. The average Bonchev–Trinajstić information content (AvgIpc) is 2.94. The van der Waals surface area contributed by atoms with Crippen LogP contribution in [0, 0.1) is 0 Å². The fourth-order valence-electron chi connectivity index (χ4n) is 1.97. The van der Waals surface area contributed by atoms with Gasteiger partial charge in [0.2, 0.25) is 11.8 Å². The van der Waals surface area contributed by atoms with Gasteiger partial charge in [0.1, 0.15) is 6.54 Å². The van der Waals surface area contributed by atoms with E-state index in [9.17, 15) is 9.59 Å². The number of likely N-dealkylation sites (N-methyl/N-ethyl adjacent to an activating group) is 1. The van der Waals surface area contributed by atoms with Crippen molar-refractivity contribution in [1.82, 2.24) is 15.1 Å². The molecular weight excluding hydrogens is 316 g/mol. The van der Waals surface area contributed by atoms with Crippen molar-refractivity contribution in [3.63, 3.8) is 0 Å². The molecule has 0 atom stereocenters. The minimum absolute atomic E-state index is 0.0981. The number of rotatable bonds is 5. The molecule has 1 aromatic heterocycles. The standard InChI is InChI=1S/C16H17ClN4O2/c1-11(13-5-3-4-6-14(13)17)7-15(22)20-12-8-19-21(9-12)10-16(23)18-2/h3-9H,10H2,1-2H3,(H,18,23)(H,20,22)/b11-7+. The van der Waals surface area contributed by atoms with Gasteiger partial charge in [-0.1, -0.05) is 29.8 Å². The molecule has 0 fully saturated rings. The summed E-state index contributed by atoms with van der Waals surface area (Å²) in [6.45, 7) is 1.91. The third-order valence-corrected chi connectivity index (χ3v) is 3.46. The minimum Gasteiger partial charge on any atom is -0.358 e. The molecule has 2 rings (SSSR count).